The standard InChI is InChI=1S/C15H17BrN4O.ClH/c16-11-3-5-12(6-4-11)18-15(21)14-7-9-20(19-14)13-2-1-8-17-10-13;/h3-7,9,13,17H,1-2,8,10H2,(H,18,21);1H. The summed E-state index contributed by atoms with van der Waals surface area (Å²) in [7, 11) is 0. The highest BCUT2D eigenvalue weighted by molar-refractivity contribution is 9.10. The van der Waals surface area contributed by atoms with Crippen LogP contribution < -0.4 is 10.6 Å². The van der Waals surface area contributed by atoms with Crippen molar-refractivity contribution in [2.24, 2.45) is 0 Å². The lowest BCUT2D eigenvalue weighted by atomic mass is 10.1. The largest absolute Gasteiger partial charge is 0.321 e. The lowest BCUT2D eigenvalue weighted by molar-refractivity contribution is 0.102. The molecule has 1 aromatic heterocycles. The average molecular weight is 386 g/mol. The van der Waals surface area contributed by atoms with E-state index in [9.17, 15) is 4.79 Å². The van der Waals surface area contributed by atoms with Crippen LogP contribution in [0.4, 0.5) is 5.69 Å². The van der Waals surface area contributed by atoms with Gasteiger partial charge in [-0.05, 0) is 49.7 Å². The van der Waals surface area contributed by atoms with Crippen LogP contribution >= 0.6 is 28.3 Å². The third-order valence-electron chi connectivity index (χ3n) is 3.59. The van der Waals surface area contributed by atoms with Gasteiger partial charge in [0, 0.05) is 22.9 Å². The summed E-state index contributed by atoms with van der Waals surface area (Å²) in [5.41, 5.74) is 1.21. The SMILES string of the molecule is Cl.O=C(Nc1ccc(Br)cc1)c1ccn(C2CCCNC2)n1. The molecule has 1 unspecified atom stereocenters. The fourth-order valence-corrected chi connectivity index (χ4v) is 2.71. The lowest BCUT2D eigenvalue weighted by Gasteiger charge is -2.22. The molecule has 0 saturated carbocycles. The Hall–Kier alpha value is -1.37. The number of nitrogens with zero attached hydrogens (tertiary/aromatic N) is 2. The van der Waals surface area contributed by atoms with Gasteiger partial charge >= 0.3 is 0 Å². The number of benzene rings is 1. The molecule has 1 amide bonds. The summed E-state index contributed by atoms with van der Waals surface area (Å²) < 4.78 is 2.87. The van der Waals surface area contributed by atoms with Crippen LogP contribution in [0.25, 0.3) is 0 Å². The second-order valence-corrected chi connectivity index (χ2v) is 6.06. The number of anilines is 1. The van der Waals surface area contributed by atoms with Gasteiger partial charge in [0.25, 0.3) is 5.91 Å². The van der Waals surface area contributed by atoms with E-state index >= 15 is 0 Å². The molecule has 2 N–H and O–H groups in total. The lowest BCUT2D eigenvalue weighted by Crippen LogP contribution is -2.32. The summed E-state index contributed by atoms with van der Waals surface area (Å²) in [6.07, 6.45) is 4.13. The Kier molecular flexibility index (Phi) is 5.99. The van der Waals surface area contributed by atoms with E-state index in [4.69, 9.17) is 0 Å². The molecule has 22 heavy (non-hydrogen) atoms. The van der Waals surface area contributed by atoms with Crippen LogP contribution in [0.15, 0.2) is 41.0 Å². The quantitative estimate of drug-likeness (QED) is 0.853. The van der Waals surface area contributed by atoms with Crippen molar-refractivity contribution in [3.05, 3.63) is 46.7 Å². The van der Waals surface area contributed by atoms with Crippen molar-refractivity contribution in [2.75, 3.05) is 18.4 Å². The minimum Gasteiger partial charge on any atom is -0.321 e. The summed E-state index contributed by atoms with van der Waals surface area (Å²) in [5, 5.41) is 10.6. The monoisotopic (exact) mass is 384 g/mol. The molecule has 1 aliphatic rings. The van der Waals surface area contributed by atoms with Crippen LogP contribution in [0.5, 0.6) is 0 Å². The number of carbonyl (C=O) groups excluding carboxylic acids is 1. The van der Waals surface area contributed by atoms with Crippen molar-refractivity contribution in [3.63, 3.8) is 0 Å². The normalized spacial score (nSPS) is 17.6. The molecule has 0 aliphatic carbocycles. The Morgan fingerprint density at radius 1 is 1.32 bits per heavy atom. The van der Waals surface area contributed by atoms with E-state index in [-0.39, 0.29) is 18.3 Å². The van der Waals surface area contributed by atoms with E-state index < -0.39 is 0 Å². The minimum absolute atomic E-state index is 0. The van der Waals surface area contributed by atoms with Crippen molar-refractivity contribution >= 4 is 39.9 Å². The maximum absolute atomic E-state index is 12.2. The molecular formula is C15H18BrClN4O. The highest BCUT2D eigenvalue weighted by Crippen LogP contribution is 2.17. The van der Waals surface area contributed by atoms with Crippen LogP contribution in [0, 0.1) is 0 Å². The number of halogens is 2. The molecule has 0 radical (unpaired) electrons. The number of amides is 1. The highest BCUT2D eigenvalue weighted by Gasteiger charge is 2.17. The number of nitrogens with one attached hydrogen (secondary N) is 2. The van der Waals surface area contributed by atoms with Gasteiger partial charge in [-0.1, -0.05) is 15.9 Å². The van der Waals surface area contributed by atoms with Crippen LogP contribution in [-0.4, -0.2) is 28.8 Å². The number of piperidine rings is 1. The molecule has 5 nitrogen and oxygen atoms in total. The van der Waals surface area contributed by atoms with E-state index in [1.165, 1.54) is 0 Å². The molecule has 1 aromatic carbocycles. The molecule has 0 bridgehead atoms. The molecule has 0 spiro atoms. The Balaban J connectivity index is 0.00000176. The zero-order chi connectivity index (χ0) is 14.7. The van der Waals surface area contributed by atoms with E-state index in [0.717, 1.165) is 36.1 Å². The second-order valence-electron chi connectivity index (χ2n) is 5.14. The molecule has 1 saturated heterocycles. The molecule has 2 aromatic rings. The van der Waals surface area contributed by atoms with E-state index in [1.54, 1.807) is 6.07 Å². The van der Waals surface area contributed by atoms with E-state index in [2.05, 4.69) is 31.7 Å². The summed E-state index contributed by atoms with van der Waals surface area (Å²) in [5.74, 6) is -0.181. The molecule has 7 heteroatoms. The predicted octanol–water partition coefficient (Wildman–Crippen LogP) is 3.24. The van der Waals surface area contributed by atoms with Crippen molar-refractivity contribution in [1.29, 1.82) is 0 Å². The molecule has 1 atom stereocenters. The van der Waals surface area contributed by atoms with Gasteiger partial charge in [-0.2, -0.15) is 5.10 Å². The summed E-state index contributed by atoms with van der Waals surface area (Å²) in [6, 6.07) is 9.59. The zero-order valence-corrected chi connectivity index (χ0v) is 14.4. The van der Waals surface area contributed by atoms with Crippen molar-refractivity contribution in [1.82, 2.24) is 15.1 Å². The molecule has 1 fully saturated rings. The fraction of sp³-hybridized carbons (Fsp3) is 0.333. The highest BCUT2D eigenvalue weighted by atomic mass is 79.9. The topological polar surface area (TPSA) is 59.0 Å². The number of aromatic nitrogens is 2. The molecule has 118 valence electrons. The van der Waals surface area contributed by atoms with Gasteiger partial charge < -0.3 is 10.6 Å². The molecular weight excluding hydrogens is 368 g/mol. The van der Waals surface area contributed by atoms with Crippen LogP contribution in [-0.2, 0) is 0 Å². The van der Waals surface area contributed by atoms with Crippen molar-refractivity contribution in [3.8, 4) is 0 Å². The first-order chi connectivity index (χ1) is 10.2. The first-order valence-corrected chi connectivity index (χ1v) is 7.84. The van der Waals surface area contributed by atoms with E-state index in [1.807, 2.05) is 35.1 Å². The molecule has 1 aliphatic heterocycles. The second kappa shape index (κ2) is 7.76. The van der Waals surface area contributed by atoms with Gasteiger partial charge in [-0.3, -0.25) is 9.48 Å². The van der Waals surface area contributed by atoms with Gasteiger partial charge in [0.1, 0.15) is 0 Å². The van der Waals surface area contributed by atoms with Gasteiger partial charge in [0.15, 0.2) is 5.69 Å². The van der Waals surface area contributed by atoms with Crippen LogP contribution in [0.1, 0.15) is 29.4 Å². The van der Waals surface area contributed by atoms with E-state index in [0.29, 0.717) is 11.7 Å². The first-order valence-electron chi connectivity index (χ1n) is 7.05. The first kappa shape index (κ1) is 17.0. The van der Waals surface area contributed by atoms with Gasteiger partial charge in [-0.25, -0.2) is 0 Å². The maximum atomic E-state index is 12.2. The van der Waals surface area contributed by atoms with Gasteiger partial charge in [0.2, 0.25) is 0 Å². The van der Waals surface area contributed by atoms with Crippen molar-refractivity contribution < 1.29 is 4.79 Å². The van der Waals surface area contributed by atoms with Crippen molar-refractivity contribution in [2.45, 2.75) is 18.9 Å². The number of carbonyl (C=O) groups is 1. The Labute approximate surface area is 144 Å². The number of hydrogen-bond acceptors (Lipinski definition) is 3. The van der Waals surface area contributed by atoms with Gasteiger partial charge in [0.05, 0.1) is 6.04 Å². The maximum Gasteiger partial charge on any atom is 0.276 e. The average Bonchev–Trinajstić information content (AvgIpc) is 3.00. The van der Waals surface area contributed by atoms with Crippen LogP contribution in [0.2, 0.25) is 0 Å². The third kappa shape index (κ3) is 4.09. The molecule has 2 heterocycles. The summed E-state index contributed by atoms with van der Waals surface area (Å²) in [6.45, 7) is 1.98. The third-order valence-corrected chi connectivity index (χ3v) is 4.12. The Morgan fingerprint density at radius 2 is 2.09 bits per heavy atom. The Morgan fingerprint density at radius 3 is 2.77 bits per heavy atom. The van der Waals surface area contributed by atoms with Gasteiger partial charge in [-0.15, -0.1) is 12.4 Å². The zero-order valence-electron chi connectivity index (χ0n) is 12.0. The summed E-state index contributed by atoms with van der Waals surface area (Å²) >= 11 is 3.37. The minimum atomic E-state index is -0.181. The smallest absolute Gasteiger partial charge is 0.276 e. The predicted molar refractivity (Wildman–Crippen MR) is 92.7 cm³/mol. The fourth-order valence-electron chi connectivity index (χ4n) is 2.45. The number of rotatable bonds is 3. The Bertz CT molecular complexity index is 623. The summed E-state index contributed by atoms with van der Waals surface area (Å²) in [4.78, 5) is 12.2. The molecule has 3 rings (SSSR count). The number of hydrogen-bond donors (Lipinski definition) is 2. The van der Waals surface area contributed by atoms with Crippen LogP contribution in [0.3, 0.4) is 0 Å².